The molecule has 0 aliphatic carbocycles. The van der Waals surface area contributed by atoms with Crippen molar-refractivity contribution in [3.05, 3.63) is 0 Å². The van der Waals surface area contributed by atoms with Gasteiger partial charge in [-0.1, -0.05) is 48.5 Å². The molecule has 15 heavy (non-hydrogen) atoms. The lowest BCUT2D eigenvalue weighted by molar-refractivity contribution is 0.105. The van der Waals surface area contributed by atoms with E-state index in [1.54, 1.807) is 0 Å². The fraction of sp³-hybridized carbons (Fsp3) is 1.00. The van der Waals surface area contributed by atoms with Crippen LogP contribution in [-0.4, -0.2) is 13.2 Å². The predicted molar refractivity (Wildman–Crippen MR) is 68.1 cm³/mol. The van der Waals surface area contributed by atoms with Crippen molar-refractivity contribution < 1.29 is 4.74 Å². The van der Waals surface area contributed by atoms with Crippen LogP contribution in [0.5, 0.6) is 0 Å². The van der Waals surface area contributed by atoms with Gasteiger partial charge < -0.3 is 4.74 Å². The van der Waals surface area contributed by atoms with Crippen LogP contribution in [-0.2, 0) is 4.74 Å². The minimum absolute atomic E-state index is 0.437. The summed E-state index contributed by atoms with van der Waals surface area (Å²) in [4.78, 5) is 0. The first kappa shape index (κ1) is 15.0. The fourth-order valence-electron chi connectivity index (χ4n) is 2.66. The molecule has 0 saturated carbocycles. The van der Waals surface area contributed by atoms with Crippen molar-refractivity contribution in [2.75, 3.05) is 13.2 Å². The largest absolute Gasteiger partial charge is 0.381 e. The number of hydrogen-bond acceptors (Lipinski definition) is 1. The van der Waals surface area contributed by atoms with Gasteiger partial charge in [-0.05, 0) is 29.6 Å². The van der Waals surface area contributed by atoms with Gasteiger partial charge in [0.15, 0.2) is 0 Å². The highest BCUT2D eigenvalue weighted by atomic mass is 16.5. The van der Waals surface area contributed by atoms with Crippen molar-refractivity contribution >= 4 is 0 Å². The van der Waals surface area contributed by atoms with Crippen LogP contribution in [0.4, 0.5) is 0 Å². The molecule has 0 radical (unpaired) electrons. The van der Waals surface area contributed by atoms with Crippen molar-refractivity contribution in [1.82, 2.24) is 0 Å². The van der Waals surface area contributed by atoms with E-state index in [-0.39, 0.29) is 0 Å². The van der Waals surface area contributed by atoms with E-state index in [9.17, 15) is 0 Å². The molecule has 1 aliphatic heterocycles. The lowest BCUT2D eigenvalue weighted by Gasteiger charge is -2.36. The number of ether oxygens (including phenoxy) is 1. The molecule has 0 aromatic rings. The van der Waals surface area contributed by atoms with Gasteiger partial charge in [0, 0.05) is 13.2 Å². The Morgan fingerprint density at radius 3 is 1.93 bits per heavy atom. The Hall–Kier alpha value is -0.0400. The summed E-state index contributed by atoms with van der Waals surface area (Å²) in [5.74, 6) is 0.770. The molecule has 1 unspecified atom stereocenters. The molecule has 1 heterocycles. The van der Waals surface area contributed by atoms with Crippen molar-refractivity contribution in [3.63, 3.8) is 0 Å². The summed E-state index contributed by atoms with van der Waals surface area (Å²) in [5, 5.41) is 0. The zero-order valence-corrected chi connectivity index (χ0v) is 11.8. The normalized spacial score (nSPS) is 22.2. The first-order chi connectivity index (χ1) is 6.81. The molecule has 1 aliphatic rings. The maximum Gasteiger partial charge on any atom is 0.0500 e. The van der Waals surface area contributed by atoms with Crippen LogP contribution < -0.4 is 0 Å². The zero-order valence-electron chi connectivity index (χ0n) is 11.8. The maximum absolute atomic E-state index is 5.46. The lowest BCUT2D eigenvalue weighted by atomic mass is 9.69. The van der Waals surface area contributed by atoms with Gasteiger partial charge in [0.05, 0.1) is 0 Å². The number of rotatable bonds is 2. The van der Waals surface area contributed by atoms with E-state index in [0.29, 0.717) is 10.8 Å². The van der Waals surface area contributed by atoms with Crippen LogP contribution in [0.25, 0.3) is 0 Å². The Bertz CT molecular complexity index is 159. The van der Waals surface area contributed by atoms with E-state index in [0.717, 1.165) is 19.1 Å². The quantitative estimate of drug-likeness (QED) is 0.657. The van der Waals surface area contributed by atoms with Crippen LogP contribution in [0.15, 0.2) is 0 Å². The van der Waals surface area contributed by atoms with E-state index >= 15 is 0 Å². The molecule has 1 saturated heterocycles. The fourth-order valence-corrected chi connectivity index (χ4v) is 2.66. The highest BCUT2D eigenvalue weighted by Gasteiger charge is 2.35. The average Bonchev–Trinajstić information content (AvgIpc) is 2.55. The summed E-state index contributed by atoms with van der Waals surface area (Å²) in [5.41, 5.74) is 0.876. The summed E-state index contributed by atoms with van der Waals surface area (Å²) in [6.07, 6.45) is 2.54. The van der Waals surface area contributed by atoms with E-state index in [2.05, 4.69) is 34.6 Å². The van der Waals surface area contributed by atoms with Crippen LogP contribution in [0.1, 0.15) is 61.3 Å². The van der Waals surface area contributed by atoms with Crippen molar-refractivity contribution in [3.8, 4) is 0 Å². The van der Waals surface area contributed by atoms with Gasteiger partial charge in [-0.3, -0.25) is 0 Å². The molecule has 1 rings (SSSR count). The van der Waals surface area contributed by atoms with E-state index in [4.69, 9.17) is 4.74 Å². The van der Waals surface area contributed by atoms with Crippen molar-refractivity contribution in [2.24, 2.45) is 16.7 Å². The standard InChI is InChI=1S/C12H24O.C2H6/c1-11(2,3)9-12(4,5)10-6-7-13-8-10;1-2/h10H,6-9H2,1-5H3;1-2H3. The van der Waals surface area contributed by atoms with Gasteiger partial charge in [-0.25, -0.2) is 0 Å². The Balaban J connectivity index is 0.000000921. The molecular weight excluding hydrogens is 184 g/mol. The molecule has 0 amide bonds. The van der Waals surface area contributed by atoms with Crippen LogP contribution in [0.2, 0.25) is 0 Å². The summed E-state index contributed by atoms with van der Waals surface area (Å²) in [6, 6.07) is 0. The van der Waals surface area contributed by atoms with Crippen LogP contribution in [0.3, 0.4) is 0 Å². The van der Waals surface area contributed by atoms with Crippen LogP contribution >= 0.6 is 0 Å². The zero-order chi connectivity index (χ0) is 12.1. The minimum Gasteiger partial charge on any atom is -0.381 e. The predicted octanol–water partition coefficient (Wildman–Crippen LogP) is 4.51. The Kier molecular flexibility index (Phi) is 5.87. The minimum atomic E-state index is 0.437. The monoisotopic (exact) mass is 214 g/mol. The smallest absolute Gasteiger partial charge is 0.0500 e. The molecular formula is C14H30O. The van der Waals surface area contributed by atoms with Gasteiger partial charge in [-0.2, -0.15) is 0 Å². The van der Waals surface area contributed by atoms with E-state index in [1.165, 1.54) is 12.8 Å². The second kappa shape index (κ2) is 5.89. The molecule has 0 bridgehead atoms. The maximum atomic E-state index is 5.46. The van der Waals surface area contributed by atoms with Gasteiger partial charge in [-0.15, -0.1) is 0 Å². The molecule has 0 aromatic carbocycles. The van der Waals surface area contributed by atoms with Gasteiger partial charge in [0.2, 0.25) is 0 Å². The topological polar surface area (TPSA) is 9.23 Å². The average molecular weight is 214 g/mol. The molecule has 1 nitrogen and oxygen atoms in total. The second-order valence-electron chi connectivity index (χ2n) is 6.29. The SMILES string of the molecule is CC.CC(C)(C)CC(C)(C)C1CCOC1. The van der Waals surface area contributed by atoms with E-state index in [1.807, 2.05) is 13.8 Å². The van der Waals surface area contributed by atoms with Gasteiger partial charge in [0.1, 0.15) is 0 Å². The van der Waals surface area contributed by atoms with Crippen LogP contribution in [0, 0.1) is 16.7 Å². The third kappa shape index (κ3) is 5.55. The third-order valence-corrected chi connectivity index (χ3v) is 3.02. The lowest BCUT2D eigenvalue weighted by Crippen LogP contribution is -2.29. The van der Waals surface area contributed by atoms with Gasteiger partial charge >= 0.3 is 0 Å². The Morgan fingerprint density at radius 2 is 1.60 bits per heavy atom. The number of hydrogen-bond donors (Lipinski definition) is 0. The molecule has 1 atom stereocenters. The second-order valence-corrected chi connectivity index (χ2v) is 6.29. The summed E-state index contributed by atoms with van der Waals surface area (Å²) in [7, 11) is 0. The van der Waals surface area contributed by atoms with Crippen molar-refractivity contribution in [2.45, 2.75) is 61.3 Å². The molecule has 1 heteroatoms. The summed E-state index contributed by atoms with van der Waals surface area (Å²) in [6.45, 7) is 17.7. The third-order valence-electron chi connectivity index (χ3n) is 3.02. The highest BCUT2D eigenvalue weighted by molar-refractivity contribution is 4.84. The van der Waals surface area contributed by atoms with E-state index < -0.39 is 0 Å². The molecule has 92 valence electrons. The first-order valence-electron chi connectivity index (χ1n) is 6.39. The summed E-state index contributed by atoms with van der Waals surface area (Å²) < 4.78 is 5.46. The first-order valence-corrected chi connectivity index (χ1v) is 6.39. The Morgan fingerprint density at radius 1 is 1.07 bits per heavy atom. The highest BCUT2D eigenvalue weighted by Crippen LogP contribution is 2.42. The van der Waals surface area contributed by atoms with Gasteiger partial charge in [0.25, 0.3) is 0 Å². The summed E-state index contributed by atoms with van der Waals surface area (Å²) >= 11 is 0. The molecule has 0 aromatic heterocycles. The molecule has 1 fully saturated rings. The van der Waals surface area contributed by atoms with Crippen molar-refractivity contribution in [1.29, 1.82) is 0 Å². The molecule has 0 N–H and O–H groups in total. The Labute approximate surface area is 96.6 Å². The molecule has 0 spiro atoms.